The van der Waals surface area contributed by atoms with Crippen LogP contribution in [-0.4, -0.2) is 15.9 Å². The van der Waals surface area contributed by atoms with Gasteiger partial charge < -0.3 is 11.1 Å². The zero-order valence-corrected chi connectivity index (χ0v) is 9.29. The van der Waals surface area contributed by atoms with Crippen LogP contribution in [0, 0.1) is 11.3 Å². The molecule has 0 fully saturated rings. The van der Waals surface area contributed by atoms with Gasteiger partial charge >= 0.3 is 0 Å². The van der Waals surface area contributed by atoms with Gasteiger partial charge in [-0.3, -0.25) is 4.79 Å². The van der Waals surface area contributed by atoms with Crippen LogP contribution in [0.15, 0.2) is 36.7 Å². The molecule has 2 aromatic rings. The zero-order valence-electron chi connectivity index (χ0n) is 9.29. The first kappa shape index (κ1) is 11.5. The van der Waals surface area contributed by atoms with Crippen molar-refractivity contribution in [2.45, 2.75) is 0 Å². The molecule has 1 aromatic heterocycles. The van der Waals surface area contributed by atoms with E-state index in [1.54, 1.807) is 24.3 Å². The topological polar surface area (TPSA) is 105 Å². The lowest BCUT2D eigenvalue weighted by atomic mass is 10.2. The van der Waals surface area contributed by atoms with Gasteiger partial charge in [0, 0.05) is 11.3 Å². The smallest absolute Gasteiger partial charge is 0.248 e. The molecule has 6 heteroatoms. The second kappa shape index (κ2) is 4.93. The fourth-order valence-electron chi connectivity index (χ4n) is 1.35. The van der Waals surface area contributed by atoms with Crippen molar-refractivity contribution >= 4 is 17.4 Å². The van der Waals surface area contributed by atoms with Crippen molar-refractivity contribution in [3.8, 4) is 6.07 Å². The van der Waals surface area contributed by atoms with Crippen molar-refractivity contribution in [2.24, 2.45) is 5.73 Å². The first-order chi connectivity index (χ1) is 8.69. The van der Waals surface area contributed by atoms with E-state index in [4.69, 9.17) is 11.0 Å². The Kier molecular flexibility index (Phi) is 3.16. The molecule has 0 aliphatic carbocycles. The molecule has 0 aliphatic heterocycles. The number of amides is 1. The number of nitrogens with two attached hydrogens (primary N) is 1. The molecule has 88 valence electrons. The first-order valence-electron chi connectivity index (χ1n) is 5.08. The summed E-state index contributed by atoms with van der Waals surface area (Å²) in [5, 5.41) is 11.6. The Morgan fingerprint density at radius 1 is 1.33 bits per heavy atom. The molecule has 0 spiro atoms. The zero-order chi connectivity index (χ0) is 13.0. The first-order valence-corrected chi connectivity index (χ1v) is 5.08. The molecule has 2 rings (SSSR count). The second-order valence-electron chi connectivity index (χ2n) is 3.47. The maximum Gasteiger partial charge on any atom is 0.248 e. The summed E-state index contributed by atoms with van der Waals surface area (Å²) in [4.78, 5) is 18.9. The van der Waals surface area contributed by atoms with Crippen LogP contribution in [0.4, 0.5) is 11.5 Å². The predicted octanol–water partition coefficient (Wildman–Crippen LogP) is 1.19. The van der Waals surface area contributed by atoms with E-state index in [9.17, 15) is 4.79 Å². The molecule has 0 unspecified atom stereocenters. The van der Waals surface area contributed by atoms with Gasteiger partial charge in [0.05, 0.1) is 12.4 Å². The van der Waals surface area contributed by atoms with Crippen LogP contribution in [0.3, 0.4) is 0 Å². The van der Waals surface area contributed by atoms with Crippen molar-refractivity contribution in [3.05, 3.63) is 47.9 Å². The van der Waals surface area contributed by atoms with Gasteiger partial charge in [0.15, 0.2) is 5.69 Å². The minimum Gasteiger partial charge on any atom is -0.366 e. The quantitative estimate of drug-likeness (QED) is 0.837. The summed E-state index contributed by atoms with van der Waals surface area (Å²) in [6, 6.07) is 8.59. The minimum atomic E-state index is -0.496. The van der Waals surface area contributed by atoms with Crippen molar-refractivity contribution in [2.75, 3.05) is 5.32 Å². The van der Waals surface area contributed by atoms with E-state index in [-0.39, 0.29) is 5.69 Å². The number of carbonyl (C=O) groups excluding carboxylic acids is 1. The van der Waals surface area contributed by atoms with Crippen LogP contribution in [0.5, 0.6) is 0 Å². The van der Waals surface area contributed by atoms with Gasteiger partial charge in [-0.2, -0.15) is 5.26 Å². The molecule has 1 amide bonds. The van der Waals surface area contributed by atoms with E-state index >= 15 is 0 Å². The molecule has 1 heterocycles. The average Bonchev–Trinajstić information content (AvgIpc) is 2.40. The maximum absolute atomic E-state index is 11.0. The fourth-order valence-corrected chi connectivity index (χ4v) is 1.35. The number of hydrogen-bond donors (Lipinski definition) is 2. The van der Waals surface area contributed by atoms with Crippen LogP contribution in [-0.2, 0) is 0 Å². The largest absolute Gasteiger partial charge is 0.366 e. The number of primary amides is 1. The summed E-state index contributed by atoms with van der Waals surface area (Å²) in [7, 11) is 0. The molecular formula is C12H9N5O. The third-order valence-corrected chi connectivity index (χ3v) is 2.19. The van der Waals surface area contributed by atoms with Gasteiger partial charge in [0.1, 0.15) is 11.9 Å². The van der Waals surface area contributed by atoms with Gasteiger partial charge in [-0.05, 0) is 18.2 Å². The molecule has 0 saturated carbocycles. The molecule has 0 radical (unpaired) electrons. The lowest BCUT2D eigenvalue weighted by molar-refractivity contribution is 0.100. The third kappa shape index (κ3) is 2.59. The predicted molar refractivity (Wildman–Crippen MR) is 65.0 cm³/mol. The van der Waals surface area contributed by atoms with Crippen LogP contribution >= 0.6 is 0 Å². The Hall–Kier alpha value is -2.94. The molecule has 3 N–H and O–H groups in total. The Labute approximate surface area is 103 Å². The van der Waals surface area contributed by atoms with Gasteiger partial charge in [-0.25, -0.2) is 9.97 Å². The molecule has 0 atom stereocenters. The number of anilines is 2. The third-order valence-electron chi connectivity index (χ3n) is 2.19. The SMILES string of the molecule is N#Cc1cnc(Nc2cccc(C(N)=O)c2)cn1. The monoisotopic (exact) mass is 239 g/mol. The molecule has 0 bridgehead atoms. The number of aromatic nitrogens is 2. The number of carbonyl (C=O) groups is 1. The van der Waals surface area contributed by atoms with Crippen molar-refractivity contribution < 1.29 is 4.79 Å². The normalized spacial score (nSPS) is 9.50. The number of nitrogens with one attached hydrogen (secondary N) is 1. The Morgan fingerprint density at radius 2 is 2.17 bits per heavy atom. The van der Waals surface area contributed by atoms with Crippen molar-refractivity contribution in [3.63, 3.8) is 0 Å². The molecule has 0 aliphatic rings. The van der Waals surface area contributed by atoms with Gasteiger partial charge in [-0.15, -0.1) is 0 Å². The van der Waals surface area contributed by atoms with E-state index < -0.39 is 5.91 Å². The molecule has 18 heavy (non-hydrogen) atoms. The van der Waals surface area contributed by atoms with Crippen LogP contribution in [0.1, 0.15) is 16.1 Å². The summed E-state index contributed by atoms with van der Waals surface area (Å²) in [6.45, 7) is 0. The van der Waals surface area contributed by atoms with Crippen LogP contribution < -0.4 is 11.1 Å². The van der Waals surface area contributed by atoms with Crippen LogP contribution in [0.2, 0.25) is 0 Å². The molecular weight excluding hydrogens is 230 g/mol. The van der Waals surface area contributed by atoms with E-state index in [1.165, 1.54) is 12.4 Å². The van der Waals surface area contributed by atoms with Crippen molar-refractivity contribution in [1.29, 1.82) is 5.26 Å². The summed E-state index contributed by atoms with van der Waals surface area (Å²) in [6.07, 6.45) is 2.80. The molecule has 6 nitrogen and oxygen atoms in total. The summed E-state index contributed by atoms with van der Waals surface area (Å²) >= 11 is 0. The van der Waals surface area contributed by atoms with E-state index in [0.29, 0.717) is 17.1 Å². The standard InChI is InChI=1S/C12H9N5O/c13-5-10-6-16-11(7-15-10)17-9-3-1-2-8(4-9)12(14)18/h1-4,6-7H,(H2,14,18)(H,16,17). The number of rotatable bonds is 3. The maximum atomic E-state index is 11.0. The van der Waals surface area contributed by atoms with Gasteiger partial charge in [0.25, 0.3) is 0 Å². The Morgan fingerprint density at radius 3 is 2.78 bits per heavy atom. The fraction of sp³-hybridized carbons (Fsp3) is 0. The van der Waals surface area contributed by atoms with E-state index in [0.717, 1.165) is 0 Å². The number of nitriles is 1. The lowest BCUT2D eigenvalue weighted by Gasteiger charge is -2.05. The van der Waals surface area contributed by atoms with Crippen LogP contribution in [0.25, 0.3) is 0 Å². The average molecular weight is 239 g/mol. The highest BCUT2D eigenvalue weighted by Crippen LogP contribution is 2.15. The lowest BCUT2D eigenvalue weighted by Crippen LogP contribution is -2.10. The summed E-state index contributed by atoms with van der Waals surface area (Å²) in [5.41, 5.74) is 6.50. The summed E-state index contributed by atoms with van der Waals surface area (Å²) in [5.74, 6) is -0.0137. The van der Waals surface area contributed by atoms with E-state index in [2.05, 4.69) is 15.3 Å². The highest BCUT2D eigenvalue weighted by molar-refractivity contribution is 5.93. The highest BCUT2D eigenvalue weighted by Gasteiger charge is 2.02. The second-order valence-corrected chi connectivity index (χ2v) is 3.47. The highest BCUT2D eigenvalue weighted by atomic mass is 16.1. The van der Waals surface area contributed by atoms with Gasteiger partial charge in [-0.1, -0.05) is 6.07 Å². The number of nitrogens with zero attached hydrogens (tertiary/aromatic N) is 3. The Bertz CT molecular complexity index is 615. The molecule has 0 saturated heterocycles. The summed E-state index contributed by atoms with van der Waals surface area (Å²) < 4.78 is 0. The van der Waals surface area contributed by atoms with Gasteiger partial charge in [0.2, 0.25) is 5.91 Å². The number of hydrogen-bond acceptors (Lipinski definition) is 5. The van der Waals surface area contributed by atoms with E-state index in [1.807, 2.05) is 6.07 Å². The molecule has 1 aromatic carbocycles. The van der Waals surface area contributed by atoms with Crippen molar-refractivity contribution in [1.82, 2.24) is 9.97 Å². The number of benzene rings is 1. The minimum absolute atomic E-state index is 0.242. The Balaban J connectivity index is 2.20.